The molecule has 4 heterocycles. The Labute approximate surface area is 279 Å². The average Bonchev–Trinajstić information content (AvgIpc) is 3.04. The van der Waals surface area contributed by atoms with Crippen LogP contribution in [0.2, 0.25) is 10.0 Å². The summed E-state index contributed by atoms with van der Waals surface area (Å²) < 4.78 is 14.0. The third-order valence-corrected chi connectivity index (χ3v) is 11.3. The summed E-state index contributed by atoms with van der Waals surface area (Å²) in [4.78, 5) is 15.7. The molecule has 1 atom stereocenters. The van der Waals surface area contributed by atoms with Crippen LogP contribution >= 0.6 is 23.2 Å². The maximum atomic E-state index is 13.7. The molecule has 0 spiro atoms. The van der Waals surface area contributed by atoms with Crippen molar-refractivity contribution >= 4 is 29.1 Å². The second-order valence-electron chi connectivity index (χ2n) is 14.0. The quantitative estimate of drug-likeness (QED) is 0.197. The number of hydrogen-bond donors (Lipinski definition) is 0. The van der Waals surface area contributed by atoms with E-state index >= 15 is 0 Å². The number of nitrogens with zero attached hydrogens (tertiary/aromatic N) is 2. The Balaban J connectivity index is 1.13. The van der Waals surface area contributed by atoms with Crippen LogP contribution in [-0.4, -0.2) is 67.3 Å². The van der Waals surface area contributed by atoms with E-state index in [-0.39, 0.29) is 12.0 Å². The predicted molar refractivity (Wildman–Crippen MR) is 182 cm³/mol. The molecule has 0 saturated carbocycles. The number of hydrogen-bond acceptors (Lipinski definition) is 3. The van der Waals surface area contributed by atoms with Crippen molar-refractivity contribution in [2.24, 2.45) is 5.41 Å². The fraction of sp³-hybridized carbons (Fsp3) is 0.500. The number of quaternary nitrogens is 1. The number of carbonyl (C=O) groups is 1. The summed E-state index contributed by atoms with van der Waals surface area (Å²) in [5.41, 5.74) is 3.26. The second kappa shape index (κ2) is 13.7. The van der Waals surface area contributed by atoms with E-state index in [1.54, 1.807) is 0 Å². The second-order valence-corrected chi connectivity index (χ2v) is 14.8. The Bertz CT molecular complexity index is 1450. The standard InChI is InChI=1S/C38H47Cl2N2O3/c1-29(2)45-33-11-6-10-31(24-33)25-36(43)41-18-7-14-38(28-41,32-12-13-34(39)35(40)26-32)44-23-22-42-19-15-37(16-20-42,17-21-42)27-30-8-4-3-5-9-30/h3-6,8-13,24,26,29H,7,14-23,25,27-28H2,1-2H3/q+1. The van der Waals surface area contributed by atoms with Gasteiger partial charge in [-0.15, -0.1) is 0 Å². The topological polar surface area (TPSA) is 38.8 Å². The van der Waals surface area contributed by atoms with Crippen LogP contribution in [0, 0.1) is 5.41 Å². The van der Waals surface area contributed by atoms with Crippen LogP contribution in [0.1, 0.15) is 62.6 Å². The summed E-state index contributed by atoms with van der Waals surface area (Å²) in [6, 6.07) is 24.7. The van der Waals surface area contributed by atoms with Crippen LogP contribution in [0.4, 0.5) is 0 Å². The molecule has 4 aliphatic rings. The molecule has 45 heavy (non-hydrogen) atoms. The van der Waals surface area contributed by atoms with Gasteiger partial charge in [0.25, 0.3) is 0 Å². The number of amides is 1. The van der Waals surface area contributed by atoms with Crippen molar-refractivity contribution in [3.63, 3.8) is 0 Å². The van der Waals surface area contributed by atoms with Gasteiger partial charge in [0.1, 0.15) is 17.9 Å². The molecule has 5 nitrogen and oxygen atoms in total. The van der Waals surface area contributed by atoms with Gasteiger partial charge in [-0.25, -0.2) is 0 Å². The van der Waals surface area contributed by atoms with Gasteiger partial charge in [0.15, 0.2) is 0 Å². The smallest absolute Gasteiger partial charge is 0.227 e. The van der Waals surface area contributed by atoms with E-state index in [0.29, 0.717) is 35.0 Å². The first-order chi connectivity index (χ1) is 21.7. The molecule has 240 valence electrons. The van der Waals surface area contributed by atoms with Crippen LogP contribution in [0.15, 0.2) is 72.8 Å². The highest BCUT2D eigenvalue weighted by atomic mass is 35.5. The molecule has 2 bridgehead atoms. The van der Waals surface area contributed by atoms with E-state index in [1.807, 2.05) is 61.2 Å². The highest BCUT2D eigenvalue weighted by Crippen LogP contribution is 2.46. The fourth-order valence-electron chi connectivity index (χ4n) is 7.94. The summed E-state index contributed by atoms with van der Waals surface area (Å²) in [7, 11) is 0. The predicted octanol–water partition coefficient (Wildman–Crippen LogP) is 8.10. The minimum absolute atomic E-state index is 0.0826. The van der Waals surface area contributed by atoms with E-state index in [9.17, 15) is 4.79 Å². The third kappa shape index (κ3) is 7.54. The molecule has 7 heteroatoms. The first-order valence-electron chi connectivity index (χ1n) is 16.7. The van der Waals surface area contributed by atoms with E-state index in [1.165, 1.54) is 50.9 Å². The Hall–Kier alpha value is -2.57. The highest BCUT2D eigenvalue weighted by molar-refractivity contribution is 6.42. The summed E-state index contributed by atoms with van der Waals surface area (Å²) in [5.74, 6) is 0.899. The molecule has 0 radical (unpaired) electrons. The van der Waals surface area contributed by atoms with Crippen LogP contribution in [0.25, 0.3) is 0 Å². The molecule has 1 unspecified atom stereocenters. The Kier molecular flexibility index (Phi) is 9.82. The molecule has 4 aliphatic heterocycles. The van der Waals surface area contributed by atoms with Gasteiger partial charge in [0.2, 0.25) is 5.91 Å². The van der Waals surface area contributed by atoms with Gasteiger partial charge in [-0.05, 0) is 79.5 Å². The Morgan fingerprint density at radius 3 is 2.33 bits per heavy atom. The zero-order valence-electron chi connectivity index (χ0n) is 26.8. The van der Waals surface area contributed by atoms with E-state index in [4.69, 9.17) is 32.7 Å². The lowest BCUT2D eigenvalue weighted by molar-refractivity contribution is -0.945. The molecular weight excluding hydrogens is 603 g/mol. The van der Waals surface area contributed by atoms with Gasteiger partial charge in [0, 0.05) is 25.8 Å². The summed E-state index contributed by atoms with van der Waals surface area (Å²) >= 11 is 12.9. The molecule has 0 aromatic heterocycles. The van der Waals surface area contributed by atoms with Crippen molar-refractivity contribution < 1.29 is 18.8 Å². The van der Waals surface area contributed by atoms with Gasteiger partial charge in [-0.3, -0.25) is 4.79 Å². The van der Waals surface area contributed by atoms with Gasteiger partial charge < -0.3 is 18.9 Å². The number of piperidine rings is 4. The van der Waals surface area contributed by atoms with Crippen molar-refractivity contribution in [2.45, 2.75) is 70.5 Å². The molecular formula is C38H47Cl2N2O3+. The molecule has 0 aliphatic carbocycles. The highest BCUT2D eigenvalue weighted by Gasteiger charge is 2.49. The zero-order chi connectivity index (χ0) is 31.5. The lowest BCUT2D eigenvalue weighted by atomic mass is 9.67. The Morgan fingerprint density at radius 1 is 0.889 bits per heavy atom. The van der Waals surface area contributed by atoms with Crippen LogP contribution in [0.5, 0.6) is 5.75 Å². The lowest BCUT2D eigenvalue weighted by Crippen LogP contribution is -2.63. The molecule has 3 aromatic rings. The van der Waals surface area contributed by atoms with Crippen LogP contribution < -0.4 is 4.74 Å². The van der Waals surface area contributed by atoms with E-state index in [2.05, 4.69) is 30.3 Å². The fourth-order valence-corrected chi connectivity index (χ4v) is 8.23. The first kappa shape index (κ1) is 32.4. The largest absolute Gasteiger partial charge is 0.491 e. The van der Waals surface area contributed by atoms with Crippen molar-refractivity contribution in [3.05, 3.63) is 99.5 Å². The molecule has 7 rings (SSSR count). The molecule has 4 fully saturated rings. The SMILES string of the molecule is CC(C)Oc1cccc(CC(=O)N2CCCC(OCC[N+]34CCC(Cc5ccccc5)(CC3)CC4)(c3ccc(Cl)c(Cl)c3)C2)c1. The van der Waals surface area contributed by atoms with Gasteiger partial charge in [-0.1, -0.05) is 71.7 Å². The van der Waals surface area contributed by atoms with E-state index < -0.39 is 5.60 Å². The lowest BCUT2D eigenvalue weighted by Gasteiger charge is -2.55. The molecule has 3 aromatic carbocycles. The maximum Gasteiger partial charge on any atom is 0.227 e. The van der Waals surface area contributed by atoms with Crippen molar-refractivity contribution in [3.8, 4) is 5.75 Å². The molecule has 0 N–H and O–H groups in total. The minimum Gasteiger partial charge on any atom is -0.491 e. The van der Waals surface area contributed by atoms with Gasteiger partial charge in [-0.2, -0.15) is 0 Å². The number of fused-ring (bicyclic) bond motifs is 3. The van der Waals surface area contributed by atoms with Gasteiger partial charge >= 0.3 is 0 Å². The monoisotopic (exact) mass is 649 g/mol. The van der Waals surface area contributed by atoms with Crippen molar-refractivity contribution in [1.82, 2.24) is 4.90 Å². The van der Waals surface area contributed by atoms with Crippen LogP contribution in [0.3, 0.4) is 0 Å². The average molecular weight is 651 g/mol. The number of ether oxygens (including phenoxy) is 2. The Morgan fingerprint density at radius 2 is 1.62 bits per heavy atom. The molecule has 4 saturated heterocycles. The minimum atomic E-state index is -0.619. The number of carbonyl (C=O) groups excluding carboxylic acids is 1. The summed E-state index contributed by atoms with van der Waals surface area (Å²) in [6.45, 7) is 10.6. The normalized spacial score (nSPS) is 26.3. The number of halogens is 2. The van der Waals surface area contributed by atoms with Gasteiger partial charge in [0.05, 0.1) is 55.4 Å². The zero-order valence-corrected chi connectivity index (χ0v) is 28.3. The number of rotatable bonds is 11. The summed E-state index contributed by atoms with van der Waals surface area (Å²) in [6.07, 6.45) is 7.17. The number of likely N-dealkylation sites (tertiary alicyclic amines) is 1. The first-order valence-corrected chi connectivity index (χ1v) is 17.4. The maximum absolute atomic E-state index is 13.7. The summed E-state index contributed by atoms with van der Waals surface area (Å²) in [5, 5.41) is 1.05. The number of benzene rings is 3. The van der Waals surface area contributed by atoms with Crippen molar-refractivity contribution in [1.29, 1.82) is 0 Å². The van der Waals surface area contributed by atoms with Crippen LogP contribution in [-0.2, 0) is 28.0 Å². The third-order valence-electron chi connectivity index (χ3n) is 10.6. The van der Waals surface area contributed by atoms with Crippen molar-refractivity contribution in [2.75, 3.05) is 45.9 Å². The molecule has 1 amide bonds. The van der Waals surface area contributed by atoms with E-state index in [0.717, 1.165) is 47.3 Å².